The minimum atomic E-state index is -5.91. The number of nitrogens with two attached hydrogens (primary N) is 2. The lowest BCUT2D eigenvalue weighted by atomic mass is 9.85. The Morgan fingerprint density at radius 1 is 0.731 bits per heavy atom. The molecular weight excluding hydrogens is 1750 g/mol. The minimum Gasteiger partial charge on any atom is -0.481 e. The molecule has 0 saturated carbocycles. The first-order valence-electron chi connectivity index (χ1n) is 42.0. The van der Waals surface area contributed by atoms with E-state index in [1.807, 2.05) is 6.08 Å². The van der Waals surface area contributed by atoms with Crippen LogP contribution in [0, 0.1) is 15.5 Å². The summed E-state index contributed by atoms with van der Waals surface area (Å²) in [4.78, 5) is 143. The highest BCUT2D eigenvalue weighted by Crippen LogP contribution is 2.49. The summed E-state index contributed by atoms with van der Waals surface area (Å²) >= 11 is 0. The Bertz CT molecular complexity index is 4410. The zero-order chi connectivity index (χ0) is 96.7. The summed E-state index contributed by atoms with van der Waals surface area (Å²) in [6.45, 7) is 16.4. The van der Waals surface area contributed by atoms with Gasteiger partial charge in [0, 0.05) is 45.4 Å². The molecule has 5 aliphatic rings. The predicted molar refractivity (Wildman–Crippen MR) is 445 cm³/mol. The van der Waals surface area contributed by atoms with E-state index in [9.17, 15) is 124 Å². The number of non-ortho nitro benzene ring substituents is 1. The molecule has 2 aromatic rings. The van der Waals surface area contributed by atoms with Crippen LogP contribution in [0.25, 0.3) is 5.69 Å². The van der Waals surface area contributed by atoms with Gasteiger partial charge in [-0.1, -0.05) is 79.5 Å². The lowest BCUT2D eigenvalue weighted by molar-refractivity contribution is -0.384. The number of ketones is 1. The maximum atomic E-state index is 14.2. The molecule has 48 heteroatoms. The summed E-state index contributed by atoms with van der Waals surface area (Å²) < 4.78 is 91.1. The van der Waals surface area contributed by atoms with E-state index < -0.39 is 280 Å². The van der Waals surface area contributed by atoms with Crippen molar-refractivity contribution in [3.8, 4) is 5.69 Å². The van der Waals surface area contributed by atoms with Gasteiger partial charge in [-0.25, -0.2) is 23.8 Å². The number of carboxylic acid groups (broad SMARTS) is 2. The van der Waals surface area contributed by atoms with E-state index in [4.69, 9.17) is 72.6 Å². The third-order valence-corrected chi connectivity index (χ3v) is 22.8. The van der Waals surface area contributed by atoms with Crippen LogP contribution in [0.15, 0.2) is 77.5 Å². The number of benzene rings is 1. The van der Waals surface area contributed by atoms with Crippen molar-refractivity contribution in [3.63, 3.8) is 0 Å². The van der Waals surface area contributed by atoms with E-state index >= 15 is 0 Å². The van der Waals surface area contributed by atoms with Crippen molar-refractivity contribution in [1.29, 1.82) is 0 Å². The van der Waals surface area contributed by atoms with Crippen LogP contribution in [0.4, 0.5) is 10.5 Å². The maximum absolute atomic E-state index is 14.2. The third-order valence-electron chi connectivity index (χ3n) is 21.9. The highest BCUT2D eigenvalue weighted by atomic mass is 31.2. The average molecular weight is 1870 g/mol. The molecule has 26 unspecified atom stereocenters. The number of ether oxygens (including phenoxy) is 11. The van der Waals surface area contributed by atoms with E-state index in [1.54, 1.807) is 13.0 Å². The Morgan fingerprint density at radius 3 is 1.96 bits per heavy atom. The van der Waals surface area contributed by atoms with E-state index in [-0.39, 0.29) is 25.0 Å². The number of rotatable bonds is 49. The van der Waals surface area contributed by atoms with Crippen molar-refractivity contribution >= 4 is 67.2 Å². The normalized spacial score (nSPS) is 31.0. The van der Waals surface area contributed by atoms with Gasteiger partial charge in [0.1, 0.15) is 103 Å². The fourth-order valence-electron chi connectivity index (χ4n) is 14.6. The molecule has 5 fully saturated rings. The number of carboxylic acids is 2. The minimum absolute atomic E-state index is 0.0361. The molecule has 6 heterocycles. The molecule has 5 amide bonds. The Hall–Kier alpha value is -8.80. The molecule has 0 spiro atoms. The van der Waals surface area contributed by atoms with Crippen molar-refractivity contribution in [3.05, 3.63) is 105 Å². The van der Waals surface area contributed by atoms with Crippen LogP contribution < -0.4 is 27.4 Å². The molecule has 5 aliphatic heterocycles. The van der Waals surface area contributed by atoms with Gasteiger partial charge in [0.05, 0.1) is 55.1 Å². The molecule has 0 aliphatic carbocycles. The number of aliphatic carboxylic acids is 2. The third kappa shape index (κ3) is 30.4. The van der Waals surface area contributed by atoms with E-state index in [2.05, 4.69) is 85.5 Å². The number of primary amides is 2. The quantitative estimate of drug-likeness (QED) is 0.00796. The predicted octanol–water partition coefficient (Wildman–Crippen LogP) is 0.122. The number of carbonyl (C=O) groups excluding carboxylic acids is 7. The van der Waals surface area contributed by atoms with Gasteiger partial charge < -0.3 is 150 Å². The number of aliphatic hydroxyl groups is 10. The van der Waals surface area contributed by atoms with Crippen LogP contribution >= 0.6 is 7.82 Å². The second-order valence-corrected chi connectivity index (χ2v) is 34.8. The van der Waals surface area contributed by atoms with Crippen molar-refractivity contribution < 1.29 is 180 Å². The Labute approximate surface area is 747 Å². The number of phosphoric acid groups is 1. The SMILES string of the molecule is C=C(C/C=C(\C)CCC=C(C)C)CCC(C)(C)/C=C/CC/C(C)=C/CO[C@H](COP(=O)(O)OC1OC(C(N)=O)C(C)(O)C(OC(N)=O)C1OC1OC(COC2OC(CO)C(O)C(O)C2O)C(OC2OC(C)C(OC3OC(c4nc(C(=O)CCC(=O)O)nn4-c4ccc([N+](=O)[O-])cc4C(=O)NCCCCCC=O)C(O)C(O)C3O)C(O)C2NC(C)=O)C(O)C1NC(C)=O)C(=O)O. The van der Waals surface area contributed by atoms with E-state index in [1.165, 1.54) is 18.1 Å². The van der Waals surface area contributed by atoms with Crippen molar-refractivity contribution in [2.24, 2.45) is 16.9 Å². The van der Waals surface area contributed by atoms with Gasteiger partial charge >= 0.3 is 25.9 Å². The summed E-state index contributed by atoms with van der Waals surface area (Å²) in [5.74, 6) is -10.3. The number of nitrogens with zero attached hydrogens (tertiary/aromatic N) is 4. The van der Waals surface area contributed by atoms with E-state index in [0.717, 1.165) is 82.2 Å². The van der Waals surface area contributed by atoms with Crippen molar-refractivity contribution in [2.45, 2.75) is 312 Å². The summed E-state index contributed by atoms with van der Waals surface area (Å²) in [6.07, 6.45) is -36.5. The lowest BCUT2D eigenvalue weighted by Crippen LogP contribution is -2.72. The largest absolute Gasteiger partial charge is 0.481 e. The van der Waals surface area contributed by atoms with Crippen molar-refractivity contribution in [2.75, 3.05) is 33.0 Å². The van der Waals surface area contributed by atoms with Crippen molar-refractivity contribution in [1.82, 2.24) is 30.7 Å². The fourth-order valence-corrected chi connectivity index (χ4v) is 15.4. The number of unbranched alkanes of at least 4 members (excludes halogenated alkanes) is 3. The van der Waals surface area contributed by atoms with Crippen LogP contribution in [0.3, 0.4) is 0 Å². The number of nitro groups is 1. The van der Waals surface area contributed by atoms with Crippen LogP contribution in [0.5, 0.6) is 0 Å². The highest BCUT2D eigenvalue weighted by Gasteiger charge is 2.63. The lowest BCUT2D eigenvalue weighted by Gasteiger charge is -2.52. The molecule has 27 atom stereocenters. The highest BCUT2D eigenvalue weighted by molar-refractivity contribution is 7.47. The van der Waals surface area contributed by atoms with Gasteiger partial charge in [0.15, 0.2) is 61.7 Å². The summed E-state index contributed by atoms with van der Waals surface area (Å²) in [5, 5.41) is 159. The second-order valence-electron chi connectivity index (χ2n) is 33.4. The van der Waals surface area contributed by atoms with Gasteiger partial charge in [0.2, 0.25) is 29.3 Å². The first kappa shape index (κ1) is 108. The molecule has 728 valence electrons. The standard InChI is InChI=1S/C82H122N9O38P/c1-39(2)19-18-21-40(3)22-23-42(5)28-31-81(9,10)30-15-14-20-41(4)29-34-117-52(74(109)110)38-119-130(115,116)129-79-67(68(128-80(84)111)82(11,112)69(127-79)70(83)107)126-76-55(87-45(8)95)58(101)65(51(122-76)37-118-77-62(105)59(102)56(99)50(36-93)121-77)124-75-54(86-44(7)94)57(100)64(43(6)120-75)123-78-63(106)60(103)61(104)66(125-78)72-88-71(49(96)26-27-53(97)98)89-90(72)48-25-24-46(91(113)114)35-47(48)73(108)85-32-16-12-13-17-33-92/h15,19,22,24-25,29-30,33,35,43,50-52,54-69,75-79,93,99-106,112H,5,12-14,16-18,20-21,23,26-28,31-32,34,36-38H2,1-4,6-11H3,(H2,83,107)(H2,84,111)(H,85,108)(H,86,94)(H,87,95)(H,97,98)(H,109,110)(H,115,116)/b30-15+,40-22+,41-29+/t43?,50?,51?,52-,54?,55?,56?,57?,58?,59?,60?,61?,62?,63?,64?,65?,66?,67?,68?,69?,75?,76?,77?,78?,79?,82?/m1/s1. The number of allylic oxidation sites excluding steroid dienone is 8. The molecule has 47 nitrogen and oxygen atoms in total. The molecule has 7 rings (SSSR count). The molecule has 0 radical (unpaired) electrons. The number of nitro benzene ring substituents is 1. The molecule has 130 heavy (non-hydrogen) atoms. The number of phosphoric ester groups is 1. The van der Waals surface area contributed by atoms with Gasteiger partial charge in [-0.15, -0.1) is 5.10 Å². The number of aliphatic hydroxyl groups excluding tert-OH is 9. The summed E-state index contributed by atoms with van der Waals surface area (Å²) in [5.41, 5.74) is 10.9. The Kier molecular flexibility index (Phi) is 41.0. The van der Waals surface area contributed by atoms with Gasteiger partial charge in [-0.05, 0) is 111 Å². The number of nitrogens with one attached hydrogen (secondary N) is 3. The average Bonchev–Trinajstić information content (AvgIpc) is 1.25. The number of aldehydes is 1. The fraction of sp³-hybridized carbons (Fsp3) is 0.671. The van der Waals surface area contributed by atoms with E-state index in [0.29, 0.717) is 43.1 Å². The summed E-state index contributed by atoms with van der Waals surface area (Å²) in [6, 6.07) is -1.45. The van der Waals surface area contributed by atoms with Crippen LogP contribution in [0.2, 0.25) is 0 Å². The first-order chi connectivity index (χ1) is 61.0. The molecule has 1 aromatic carbocycles. The molecule has 1 aromatic heterocycles. The molecule has 5 saturated heterocycles. The smallest absolute Gasteiger partial charge is 0.474 e. The Morgan fingerprint density at radius 2 is 1.35 bits per heavy atom. The number of hydrogen-bond acceptors (Lipinski definition) is 37. The van der Waals surface area contributed by atoms with Gasteiger partial charge in [0.25, 0.3) is 11.6 Å². The first-order valence-corrected chi connectivity index (χ1v) is 43.5. The second kappa shape index (κ2) is 49.3. The zero-order valence-electron chi connectivity index (χ0n) is 73.5. The topological polar surface area (TPSA) is 716 Å². The summed E-state index contributed by atoms with van der Waals surface area (Å²) in [7, 11) is -5.91. The zero-order valence-corrected chi connectivity index (χ0v) is 74.4. The number of Topliss-reactive ketones (excluding diaryl/α,β-unsaturated/α-hetero) is 1. The maximum Gasteiger partial charge on any atom is 0.474 e. The van der Waals surface area contributed by atoms with Crippen LogP contribution in [0.1, 0.15) is 186 Å². The molecule has 20 N–H and O–H groups in total. The number of amides is 5. The number of aromatic nitrogens is 3. The Balaban J connectivity index is 1.17. The number of carbonyl (C=O) groups is 9. The van der Waals surface area contributed by atoms with Crippen LogP contribution in [-0.2, 0) is 94.5 Å². The monoisotopic (exact) mass is 1870 g/mol. The number of hydrogen-bond donors (Lipinski definition) is 18. The van der Waals surface area contributed by atoms with Crippen LogP contribution in [-0.4, -0.2) is 325 Å². The molecular formula is C82H122N9O38P. The van der Waals surface area contributed by atoms with Gasteiger partial charge in [-0.3, -0.25) is 47.9 Å². The van der Waals surface area contributed by atoms with Gasteiger partial charge in [-0.2, -0.15) is 0 Å². The molecule has 0 bridgehead atoms.